The lowest BCUT2D eigenvalue weighted by Crippen LogP contribution is -2.36. The van der Waals surface area contributed by atoms with E-state index in [2.05, 4.69) is 35.8 Å². The van der Waals surface area contributed by atoms with Gasteiger partial charge in [-0.25, -0.2) is 0 Å². The molecule has 0 bridgehead atoms. The molecule has 2 heterocycles. The third-order valence-corrected chi connectivity index (χ3v) is 4.72. The topological polar surface area (TPSA) is 24.9 Å². The molecule has 0 atom stereocenters. The van der Waals surface area contributed by atoms with Crippen LogP contribution in [-0.4, -0.2) is 55.8 Å². The Balaban J connectivity index is 1.81. The molecule has 1 saturated heterocycles. The van der Waals surface area contributed by atoms with E-state index < -0.39 is 0 Å². The molecule has 122 valence electrons. The van der Waals surface area contributed by atoms with Gasteiger partial charge in [0, 0.05) is 38.3 Å². The van der Waals surface area contributed by atoms with Crippen molar-refractivity contribution in [3.05, 3.63) is 28.8 Å². The maximum absolute atomic E-state index is 5.94. The lowest BCUT2D eigenvalue weighted by atomic mass is 9.96. The molecule has 0 unspecified atom stereocenters. The molecule has 2 aliphatic rings. The molecule has 4 nitrogen and oxygen atoms in total. The Kier molecular flexibility index (Phi) is 5.34. The van der Waals surface area contributed by atoms with Crippen LogP contribution in [0.25, 0.3) is 0 Å². The Bertz CT molecular complexity index is 498. The van der Waals surface area contributed by atoms with Crippen LogP contribution in [0.3, 0.4) is 0 Å². The normalized spacial score (nSPS) is 19.9. The van der Waals surface area contributed by atoms with Crippen LogP contribution >= 0.6 is 0 Å². The van der Waals surface area contributed by atoms with Crippen LogP contribution in [-0.2, 0) is 24.2 Å². The van der Waals surface area contributed by atoms with E-state index >= 15 is 0 Å². The Labute approximate surface area is 134 Å². The lowest BCUT2D eigenvalue weighted by Gasteiger charge is -2.30. The van der Waals surface area contributed by atoms with E-state index in [0.717, 1.165) is 64.7 Å². The fourth-order valence-electron chi connectivity index (χ4n) is 3.38. The fourth-order valence-corrected chi connectivity index (χ4v) is 3.38. The molecule has 0 radical (unpaired) electrons. The van der Waals surface area contributed by atoms with Crippen LogP contribution in [0.5, 0.6) is 5.75 Å². The summed E-state index contributed by atoms with van der Waals surface area (Å²) in [6.07, 6.45) is 1.16. The second-order valence-electron chi connectivity index (χ2n) is 6.17. The largest absolute Gasteiger partial charge is 0.494 e. The molecule has 4 heteroatoms. The molecular weight excluding hydrogens is 276 g/mol. The highest BCUT2D eigenvalue weighted by molar-refractivity contribution is 5.44. The van der Waals surface area contributed by atoms with E-state index in [1.807, 2.05) is 0 Å². The van der Waals surface area contributed by atoms with Gasteiger partial charge in [0.15, 0.2) is 0 Å². The average molecular weight is 304 g/mol. The van der Waals surface area contributed by atoms with Crippen LogP contribution in [0.4, 0.5) is 0 Å². The number of nitrogens with zero attached hydrogens (tertiary/aromatic N) is 2. The van der Waals surface area contributed by atoms with Gasteiger partial charge in [-0.3, -0.25) is 9.80 Å². The Morgan fingerprint density at radius 1 is 1.05 bits per heavy atom. The Morgan fingerprint density at radius 3 is 2.59 bits per heavy atom. The van der Waals surface area contributed by atoms with Crippen molar-refractivity contribution in [2.24, 2.45) is 0 Å². The zero-order chi connectivity index (χ0) is 15.4. The zero-order valence-electron chi connectivity index (χ0n) is 13.9. The molecule has 0 amide bonds. The number of morpholine rings is 1. The van der Waals surface area contributed by atoms with E-state index in [9.17, 15) is 0 Å². The quantitative estimate of drug-likeness (QED) is 0.833. The van der Waals surface area contributed by atoms with Gasteiger partial charge in [0.05, 0.1) is 19.8 Å². The number of rotatable bonds is 5. The molecule has 1 fully saturated rings. The maximum Gasteiger partial charge on any atom is 0.124 e. The number of hydrogen-bond donors (Lipinski definition) is 0. The summed E-state index contributed by atoms with van der Waals surface area (Å²) in [4.78, 5) is 4.97. The monoisotopic (exact) mass is 304 g/mol. The summed E-state index contributed by atoms with van der Waals surface area (Å²) < 4.78 is 11.4. The molecule has 2 aliphatic heterocycles. The number of hydrogen-bond acceptors (Lipinski definition) is 4. The molecule has 0 saturated carbocycles. The van der Waals surface area contributed by atoms with Crippen LogP contribution in [0.2, 0.25) is 0 Å². The molecule has 0 aliphatic carbocycles. The van der Waals surface area contributed by atoms with Crippen molar-refractivity contribution in [3.8, 4) is 5.75 Å². The van der Waals surface area contributed by atoms with Gasteiger partial charge in [-0.1, -0.05) is 13.0 Å². The molecule has 0 N–H and O–H groups in total. The summed E-state index contributed by atoms with van der Waals surface area (Å²) in [6.45, 7) is 13.1. The molecule has 3 rings (SSSR count). The second-order valence-corrected chi connectivity index (χ2v) is 6.17. The summed E-state index contributed by atoms with van der Waals surface area (Å²) in [5.74, 6) is 1.07. The highest BCUT2D eigenvalue weighted by Crippen LogP contribution is 2.29. The Hall–Kier alpha value is -1.10. The van der Waals surface area contributed by atoms with Gasteiger partial charge in [0.1, 0.15) is 5.75 Å². The van der Waals surface area contributed by atoms with Gasteiger partial charge in [-0.2, -0.15) is 0 Å². The molecule has 1 aromatic carbocycles. The first-order chi connectivity index (χ1) is 10.8. The zero-order valence-corrected chi connectivity index (χ0v) is 13.9. The molecular formula is C18H28N2O2. The van der Waals surface area contributed by atoms with E-state index in [-0.39, 0.29) is 0 Å². The molecule has 22 heavy (non-hydrogen) atoms. The fraction of sp³-hybridized carbons (Fsp3) is 0.667. The van der Waals surface area contributed by atoms with Crippen LogP contribution in [0.15, 0.2) is 12.1 Å². The van der Waals surface area contributed by atoms with E-state index in [0.29, 0.717) is 0 Å². The summed E-state index contributed by atoms with van der Waals surface area (Å²) in [5.41, 5.74) is 4.30. The number of fused-ring (bicyclic) bond motifs is 1. The highest BCUT2D eigenvalue weighted by Gasteiger charge is 2.20. The summed E-state index contributed by atoms with van der Waals surface area (Å²) >= 11 is 0. The van der Waals surface area contributed by atoms with Crippen molar-refractivity contribution in [1.82, 2.24) is 9.80 Å². The van der Waals surface area contributed by atoms with Gasteiger partial charge >= 0.3 is 0 Å². The van der Waals surface area contributed by atoms with Crippen molar-refractivity contribution in [1.29, 1.82) is 0 Å². The van der Waals surface area contributed by atoms with Gasteiger partial charge in [0.2, 0.25) is 0 Å². The minimum atomic E-state index is 0.729. The third kappa shape index (κ3) is 3.62. The number of ether oxygens (including phenoxy) is 2. The van der Waals surface area contributed by atoms with Gasteiger partial charge in [-0.15, -0.1) is 0 Å². The first kappa shape index (κ1) is 15.8. The van der Waals surface area contributed by atoms with Crippen molar-refractivity contribution >= 4 is 0 Å². The number of benzene rings is 1. The minimum Gasteiger partial charge on any atom is -0.494 e. The predicted octanol–water partition coefficient (Wildman–Crippen LogP) is 2.30. The van der Waals surface area contributed by atoms with Crippen molar-refractivity contribution < 1.29 is 9.47 Å². The van der Waals surface area contributed by atoms with E-state index in [4.69, 9.17) is 9.47 Å². The van der Waals surface area contributed by atoms with Gasteiger partial charge in [-0.05, 0) is 37.1 Å². The average Bonchev–Trinajstić information content (AvgIpc) is 2.56. The maximum atomic E-state index is 5.94. The summed E-state index contributed by atoms with van der Waals surface area (Å²) in [5, 5.41) is 0. The number of likely N-dealkylation sites (N-methyl/N-ethyl adjacent to an activating group) is 1. The van der Waals surface area contributed by atoms with Crippen LogP contribution < -0.4 is 4.74 Å². The van der Waals surface area contributed by atoms with Crippen molar-refractivity contribution in [3.63, 3.8) is 0 Å². The molecule has 0 aromatic heterocycles. The first-order valence-electron chi connectivity index (χ1n) is 8.60. The van der Waals surface area contributed by atoms with Crippen molar-refractivity contribution in [2.45, 2.75) is 33.4 Å². The highest BCUT2D eigenvalue weighted by atomic mass is 16.5. The van der Waals surface area contributed by atoms with Gasteiger partial charge in [0.25, 0.3) is 0 Å². The lowest BCUT2D eigenvalue weighted by molar-refractivity contribution is 0.0338. The summed E-state index contributed by atoms with van der Waals surface area (Å²) in [7, 11) is 0. The summed E-state index contributed by atoms with van der Waals surface area (Å²) in [6, 6.07) is 4.68. The standard InChI is InChI=1S/C18H28N2O2/c1-3-19-6-5-15-11-17(14-20-7-9-21-10-8-20)18(22-4-2)12-16(15)13-19/h11-12H,3-10,13-14H2,1-2H3. The van der Waals surface area contributed by atoms with Crippen LogP contribution in [0, 0.1) is 0 Å². The second kappa shape index (κ2) is 7.44. The SMILES string of the molecule is CCOc1cc2c(cc1CN1CCOCC1)CCN(CC)C2. The molecule has 1 aromatic rings. The van der Waals surface area contributed by atoms with Crippen molar-refractivity contribution in [2.75, 3.05) is 46.0 Å². The minimum absolute atomic E-state index is 0.729. The van der Waals surface area contributed by atoms with Gasteiger partial charge < -0.3 is 9.47 Å². The Morgan fingerprint density at radius 2 is 1.86 bits per heavy atom. The molecule has 0 spiro atoms. The third-order valence-electron chi connectivity index (χ3n) is 4.72. The van der Waals surface area contributed by atoms with E-state index in [1.54, 1.807) is 0 Å². The van der Waals surface area contributed by atoms with Crippen LogP contribution in [0.1, 0.15) is 30.5 Å². The first-order valence-corrected chi connectivity index (χ1v) is 8.60. The predicted molar refractivity (Wildman–Crippen MR) is 88.4 cm³/mol. The van der Waals surface area contributed by atoms with E-state index in [1.165, 1.54) is 23.2 Å². The smallest absolute Gasteiger partial charge is 0.124 e.